The van der Waals surface area contributed by atoms with Gasteiger partial charge in [-0.2, -0.15) is 0 Å². The molecule has 7 heteroatoms. The highest BCUT2D eigenvalue weighted by Crippen LogP contribution is 2.35. The van der Waals surface area contributed by atoms with E-state index in [1.165, 1.54) is 11.8 Å². The van der Waals surface area contributed by atoms with E-state index >= 15 is 0 Å². The number of aromatic nitrogens is 4. The predicted molar refractivity (Wildman–Crippen MR) is 93.7 cm³/mol. The zero-order valence-corrected chi connectivity index (χ0v) is 14.2. The fraction of sp³-hybridized carbons (Fsp3) is 0.111. The average Bonchev–Trinajstić information content (AvgIpc) is 3.33. The first-order valence-electron chi connectivity index (χ1n) is 7.74. The quantitative estimate of drug-likeness (QED) is 0.485. The molecule has 0 amide bonds. The second-order valence-corrected chi connectivity index (χ2v) is 6.60. The van der Waals surface area contributed by atoms with Gasteiger partial charge in [-0.1, -0.05) is 48.2 Å². The van der Waals surface area contributed by atoms with Crippen molar-refractivity contribution >= 4 is 11.8 Å². The maximum Gasteiger partial charge on any atom is 0.277 e. The number of thioether (sulfide) groups is 1. The van der Waals surface area contributed by atoms with Gasteiger partial charge in [0.2, 0.25) is 17.7 Å². The van der Waals surface area contributed by atoms with Gasteiger partial charge in [0.25, 0.3) is 5.22 Å². The first kappa shape index (κ1) is 15.6. The Morgan fingerprint density at radius 3 is 1.92 bits per heavy atom. The minimum Gasteiger partial charge on any atom is -0.419 e. The molecule has 1 atom stereocenters. The molecular formula is C18H14N4O2S. The molecule has 6 nitrogen and oxygen atoms in total. The van der Waals surface area contributed by atoms with Gasteiger partial charge in [-0.3, -0.25) is 0 Å². The molecule has 2 aromatic carbocycles. The minimum atomic E-state index is -0.103. The predicted octanol–water partition coefficient (Wildman–Crippen LogP) is 4.64. The molecule has 0 saturated carbocycles. The van der Waals surface area contributed by atoms with Gasteiger partial charge in [0, 0.05) is 11.1 Å². The maximum absolute atomic E-state index is 5.76. The molecule has 4 aromatic rings. The lowest BCUT2D eigenvalue weighted by Gasteiger charge is -2.01. The van der Waals surface area contributed by atoms with E-state index in [0.717, 1.165) is 11.1 Å². The number of hydrogen-bond acceptors (Lipinski definition) is 7. The number of nitrogens with zero attached hydrogens (tertiary/aromatic N) is 4. The molecule has 0 bridgehead atoms. The zero-order valence-electron chi connectivity index (χ0n) is 13.4. The summed E-state index contributed by atoms with van der Waals surface area (Å²) in [6.45, 7) is 1.96. The van der Waals surface area contributed by atoms with Crippen molar-refractivity contribution < 1.29 is 8.83 Å². The lowest BCUT2D eigenvalue weighted by atomic mass is 10.2. The molecule has 0 radical (unpaired) electrons. The van der Waals surface area contributed by atoms with Crippen LogP contribution in [-0.4, -0.2) is 20.4 Å². The van der Waals surface area contributed by atoms with E-state index in [2.05, 4.69) is 20.4 Å². The second-order valence-electron chi connectivity index (χ2n) is 5.31. The van der Waals surface area contributed by atoms with E-state index in [1.54, 1.807) is 0 Å². The molecular weight excluding hydrogens is 336 g/mol. The number of rotatable bonds is 5. The van der Waals surface area contributed by atoms with Crippen molar-refractivity contribution in [2.45, 2.75) is 17.4 Å². The average molecular weight is 350 g/mol. The zero-order chi connectivity index (χ0) is 17.1. The summed E-state index contributed by atoms with van der Waals surface area (Å²) in [6.07, 6.45) is 0. The molecule has 0 aliphatic heterocycles. The highest BCUT2D eigenvalue weighted by Gasteiger charge is 2.19. The van der Waals surface area contributed by atoms with Crippen LogP contribution < -0.4 is 0 Å². The fourth-order valence-electron chi connectivity index (χ4n) is 2.25. The smallest absolute Gasteiger partial charge is 0.277 e. The number of benzene rings is 2. The van der Waals surface area contributed by atoms with Gasteiger partial charge in [-0.15, -0.1) is 20.4 Å². The Balaban J connectivity index is 1.49. The molecule has 2 aromatic heterocycles. The van der Waals surface area contributed by atoms with E-state index in [0.29, 0.717) is 22.9 Å². The van der Waals surface area contributed by atoms with E-state index in [1.807, 2.05) is 67.6 Å². The van der Waals surface area contributed by atoms with Gasteiger partial charge in [-0.05, 0) is 31.2 Å². The van der Waals surface area contributed by atoms with E-state index in [9.17, 15) is 0 Å². The Hall–Kier alpha value is -2.93. The summed E-state index contributed by atoms with van der Waals surface area (Å²) in [4.78, 5) is 0. The van der Waals surface area contributed by atoms with Crippen molar-refractivity contribution in [2.75, 3.05) is 0 Å². The largest absolute Gasteiger partial charge is 0.419 e. The van der Waals surface area contributed by atoms with Crippen molar-refractivity contribution in [3.8, 4) is 22.9 Å². The van der Waals surface area contributed by atoms with Gasteiger partial charge in [0.1, 0.15) is 0 Å². The van der Waals surface area contributed by atoms with Crippen molar-refractivity contribution in [1.82, 2.24) is 20.4 Å². The molecule has 4 rings (SSSR count). The van der Waals surface area contributed by atoms with Crippen LogP contribution in [0.5, 0.6) is 0 Å². The van der Waals surface area contributed by atoms with Gasteiger partial charge in [-0.25, -0.2) is 0 Å². The molecule has 0 saturated heterocycles. The van der Waals surface area contributed by atoms with Gasteiger partial charge >= 0.3 is 0 Å². The van der Waals surface area contributed by atoms with Crippen LogP contribution in [-0.2, 0) is 0 Å². The van der Waals surface area contributed by atoms with Crippen LogP contribution in [0.15, 0.2) is 74.7 Å². The SMILES string of the molecule is C[C@@H](Sc1nnc(-c2ccccc2)o1)c1nnc(-c2ccccc2)o1. The van der Waals surface area contributed by atoms with Crippen molar-refractivity contribution in [3.63, 3.8) is 0 Å². The summed E-state index contributed by atoms with van der Waals surface area (Å²) < 4.78 is 11.5. The molecule has 0 spiro atoms. The summed E-state index contributed by atoms with van der Waals surface area (Å²) in [5, 5.41) is 16.8. The van der Waals surface area contributed by atoms with Gasteiger partial charge in [0.15, 0.2) is 0 Å². The van der Waals surface area contributed by atoms with E-state index < -0.39 is 0 Å². The second kappa shape index (κ2) is 6.90. The Morgan fingerprint density at radius 1 is 0.720 bits per heavy atom. The highest BCUT2D eigenvalue weighted by molar-refractivity contribution is 7.99. The van der Waals surface area contributed by atoms with Crippen LogP contribution in [0.3, 0.4) is 0 Å². The fourth-order valence-corrected chi connectivity index (χ4v) is 2.97. The molecule has 124 valence electrons. The summed E-state index contributed by atoms with van der Waals surface area (Å²) in [6, 6.07) is 19.3. The van der Waals surface area contributed by atoms with E-state index in [-0.39, 0.29) is 5.25 Å². The third-order valence-corrected chi connectivity index (χ3v) is 4.44. The first-order chi connectivity index (χ1) is 12.3. The Morgan fingerprint density at radius 2 is 1.28 bits per heavy atom. The monoisotopic (exact) mass is 350 g/mol. The Bertz CT molecular complexity index is 953. The van der Waals surface area contributed by atoms with Crippen LogP contribution in [0.4, 0.5) is 0 Å². The van der Waals surface area contributed by atoms with Crippen molar-refractivity contribution in [1.29, 1.82) is 0 Å². The maximum atomic E-state index is 5.76. The number of hydrogen-bond donors (Lipinski definition) is 0. The molecule has 0 N–H and O–H groups in total. The van der Waals surface area contributed by atoms with Crippen LogP contribution in [0.2, 0.25) is 0 Å². The molecule has 0 fully saturated rings. The molecule has 2 heterocycles. The topological polar surface area (TPSA) is 77.8 Å². The van der Waals surface area contributed by atoms with Crippen molar-refractivity contribution in [3.05, 3.63) is 66.6 Å². The van der Waals surface area contributed by atoms with Crippen LogP contribution >= 0.6 is 11.8 Å². The summed E-state index contributed by atoms with van der Waals surface area (Å²) >= 11 is 1.38. The summed E-state index contributed by atoms with van der Waals surface area (Å²) in [7, 11) is 0. The summed E-state index contributed by atoms with van der Waals surface area (Å²) in [5.41, 5.74) is 1.78. The first-order valence-corrected chi connectivity index (χ1v) is 8.62. The molecule has 0 unspecified atom stereocenters. The third kappa shape index (κ3) is 3.46. The normalized spacial score (nSPS) is 12.2. The van der Waals surface area contributed by atoms with Crippen molar-refractivity contribution in [2.24, 2.45) is 0 Å². The lowest BCUT2D eigenvalue weighted by molar-refractivity contribution is 0.461. The lowest BCUT2D eigenvalue weighted by Crippen LogP contribution is -1.88. The van der Waals surface area contributed by atoms with Gasteiger partial charge < -0.3 is 8.83 Å². The van der Waals surface area contributed by atoms with Crippen LogP contribution in [0, 0.1) is 0 Å². The molecule has 0 aliphatic rings. The Kier molecular flexibility index (Phi) is 4.30. The van der Waals surface area contributed by atoms with Crippen LogP contribution in [0.25, 0.3) is 22.9 Å². The van der Waals surface area contributed by atoms with Gasteiger partial charge in [0.05, 0.1) is 5.25 Å². The molecule has 0 aliphatic carbocycles. The Labute approximate surface area is 148 Å². The molecule has 25 heavy (non-hydrogen) atoms. The standard InChI is InChI=1S/C18H14N4O2S/c1-12(15-19-20-16(23-15)13-8-4-2-5-9-13)25-18-22-21-17(24-18)14-10-6-3-7-11-14/h2-12H,1H3/t12-/m1/s1. The summed E-state index contributed by atoms with van der Waals surface area (Å²) in [5.74, 6) is 1.51. The third-order valence-electron chi connectivity index (χ3n) is 3.51. The van der Waals surface area contributed by atoms with E-state index in [4.69, 9.17) is 8.83 Å². The van der Waals surface area contributed by atoms with Crippen LogP contribution in [0.1, 0.15) is 18.1 Å². The highest BCUT2D eigenvalue weighted by atomic mass is 32.2. The minimum absolute atomic E-state index is 0.103.